The standard InChI is InChI=1S/C17H19NOS/c1-11-8-16(12(2)7-15(11)18)19-10-14-9-13-5-3-4-6-17(13)20-14/h3-8,14H,9-10,18H2,1-2H3. The van der Waals surface area contributed by atoms with Crippen molar-refractivity contribution in [1.82, 2.24) is 0 Å². The lowest BCUT2D eigenvalue weighted by molar-refractivity contribution is 0.315. The van der Waals surface area contributed by atoms with Crippen molar-refractivity contribution in [3.05, 3.63) is 53.1 Å². The van der Waals surface area contributed by atoms with Crippen LogP contribution in [0, 0.1) is 13.8 Å². The number of nitrogen functional groups attached to an aromatic ring is 1. The van der Waals surface area contributed by atoms with E-state index in [-0.39, 0.29) is 0 Å². The molecule has 2 aromatic carbocycles. The molecule has 3 rings (SSSR count). The third-order valence-electron chi connectivity index (χ3n) is 3.70. The molecule has 0 saturated carbocycles. The van der Waals surface area contributed by atoms with E-state index in [9.17, 15) is 0 Å². The first-order chi connectivity index (χ1) is 9.63. The zero-order chi connectivity index (χ0) is 14.1. The van der Waals surface area contributed by atoms with Gasteiger partial charge in [0, 0.05) is 15.8 Å². The number of nitrogens with two attached hydrogens (primary N) is 1. The summed E-state index contributed by atoms with van der Waals surface area (Å²) in [5, 5.41) is 0.504. The van der Waals surface area contributed by atoms with E-state index in [0.717, 1.165) is 35.6 Å². The molecule has 1 aliphatic rings. The van der Waals surface area contributed by atoms with Gasteiger partial charge < -0.3 is 10.5 Å². The zero-order valence-corrected chi connectivity index (χ0v) is 12.7. The first-order valence-corrected chi connectivity index (χ1v) is 7.75. The summed E-state index contributed by atoms with van der Waals surface area (Å²) < 4.78 is 6.01. The maximum absolute atomic E-state index is 6.01. The largest absolute Gasteiger partial charge is 0.492 e. The molecule has 2 N–H and O–H groups in total. The van der Waals surface area contributed by atoms with Gasteiger partial charge >= 0.3 is 0 Å². The molecule has 0 aliphatic carbocycles. The first-order valence-electron chi connectivity index (χ1n) is 6.87. The van der Waals surface area contributed by atoms with Crippen molar-refractivity contribution in [3.8, 4) is 5.75 Å². The van der Waals surface area contributed by atoms with Crippen LogP contribution in [0.2, 0.25) is 0 Å². The lowest BCUT2D eigenvalue weighted by Crippen LogP contribution is -2.14. The molecule has 1 heterocycles. The fraction of sp³-hybridized carbons (Fsp3) is 0.294. The maximum atomic E-state index is 6.01. The smallest absolute Gasteiger partial charge is 0.122 e. The molecule has 0 spiro atoms. The summed E-state index contributed by atoms with van der Waals surface area (Å²) in [4.78, 5) is 1.39. The Balaban J connectivity index is 1.66. The Bertz CT molecular complexity index is 614. The zero-order valence-electron chi connectivity index (χ0n) is 11.8. The van der Waals surface area contributed by atoms with E-state index < -0.39 is 0 Å². The second-order valence-electron chi connectivity index (χ2n) is 5.34. The lowest BCUT2D eigenvalue weighted by atomic mass is 10.1. The van der Waals surface area contributed by atoms with E-state index in [2.05, 4.69) is 24.3 Å². The summed E-state index contributed by atoms with van der Waals surface area (Å²) in [6.07, 6.45) is 1.09. The SMILES string of the molecule is Cc1cc(OCC2Cc3ccccc3S2)c(C)cc1N. The number of aryl methyl sites for hydroxylation is 2. The highest BCUT2D eigenvalue weighted by Crippen LogP contribution is 2.37. The van der Waals surface area contributed by atoms with Gasteiger partial charge in [-0.05, 0) is 55.2 Å². The second kappa shape index (κ2) is 5.41. The summed E-state index contributed by atoms with van der Waals surface area (Å²) in [5.74, 6) is 0.952. The Labute approximate surface area is 124 Å². The van der Waals surface area contributed by atoms with Gasteiger partial charge in [-0.1, -0.05) is 18.2 Å². The fourth-order valence-corrected chi connectivity index (χ4v) is 3.72. The van der Waals surface area contributed by atoms with Crippen molar-refractivity contribution < 1.29 is 4.74 Å². The summed E-state index contributed by atoms with van der Waals surface area (Å²) in [6.45, 7) is 4.80. The van der Waals surface area contributed by atoms with Crippen molar-refractivity contribution in [2.75, 3.05) is 12.3 Å². The van der Waals surface area contributed by atoms with Crippen LogP contribution in [0.3, 0.4) is 0 Å². The van der Waals surface area contributed by atoms with Crippen LogP contribution >= 0.6 is 11.8 Å². The number of thioether (sulfide) groups is 1. The van der Waals surface area contributed by atoms with Gasteiger partial charge in [-0.15, -0.1) is 11.8 Å². The molecule has 2 aromatic rings. The Morgan fingerprint density at radius 2 is 2.00 bits per heavy atom. The molecule has 20 heavy (non-hydrogen) atoms. The van der Waals surface area contributed by atoms with E-state index >= 15 is 0 Å². The summed E-state index contributed by atoms with van der Waals surface area (Å²) in [7, 11) is 0. The number of fused-ring (bicyclic) bond motifs is 1. The Morgan fingerprint density at radius 3 is 2.80 bits per heavy atom. The topological polar surface area (TPSA) is 35.2 Å². The number of rotatable bonds is 3. The third-order valence-corrected chi connectivity index (χ3v) is 4.99. The Hall–Kier alpha value is -1.61. The minimum absolute atomic E-state index is 0.504. The van der Waals surface area contributed by atoms with E-state index in [1.807, 2.05) is 37.7 Å². The number of ether oxygens (including phenoxy) is 1. The third kappa shape index (κ3) is 2.63. The number of anilines is 1. The van der Waals surface area contributed by atoms with Crippen molar-refractivity contribution in [2.24, 2.45) is 0 Å². The molecule has 3 heteroatoms. The Kier molecular flexibility index (Phi) is 3.62. The molecule has 0 aromatic heterocycles. The van der Waals surface area contributed by atoms with Gasteiger partial charge in [0.05, 0.1) is 0 Å². The van der Waals surface area contributed by atoms with Crippen LogP contribution in [0.4, 0.5) is 5.69 Å². The van der Waals surface area contributed by atoms with Gasteiger partial charge in [-0.2, -0.15) is 0 Å². The summed E-state index contributed by atoms with van der Waals surface area (Å²) in [6, 6.07) is 12.6. The van der Waals surface area contributed by atoms with Gasteiger partial charge in [-0.25, -0.2) is 0 Å². The molecule has 1 aliphatic heterocycles. The molecule has 0 bridgehead atoms. The molecular weight excluding hydrogens is 266 g/mol. The molecular formula is C17H19NOS. The van der Waals surface area contributed by atoms with Crippen LogP contribution in [0.1, 0.15) is 16.7 Å². The predicted molar refractivity (Wildman–Crippen MR) is 85.6 cm³/mol. The van der Waals surface area contributed by atoms with Gasteiger partial charge in [-0.3, -0.25) is 0 Å². The average molecular weight is 285 g/mol. The highest BCUT2D eigenvalue weighted by Gasteiger charge is 2.22. The normalized spacial score (nSPS) is 17.0. The van der Waals surface area contributed by atoms with Crippen LogP contribution in [0.5, 0.6) is 5.75 Å². The lowest BCUT2D eigenvalue weighted by Gasteiger charge is -2.14. The molecule has 2 nitrogen and oxygen atoms in total. The molecule has 0 amide bonds. The summed E-state index contributed by atoms with van der Waals surface area (Å²) in [5.41, 5.74) is 10.4. The molecule has 1 unspecified atom stereocenters. The van der Waals surface area contributed by atoms with Crippen molar-refractivity contribution in [2.45, 2.75) is 30.4 Å². The van der Waals surface area contributed by atoms with Gasteiger partial charge in [0.25, 0.3) is 0 Å². The minimum atomic E-state index is 0.504. The monoisotopic (exact) mass is 285 g/mol. The van der Waals surface area contributed by atoms with Crippen molar-refractivity contribution in [3.63, 3.8) is 0 Å². The minimum Gasteiger partial charge on any atom is -0.492 e. The van der Waals surface area contributed by atoms with Crippen LogP contribution in [0.15, 0.2) is 41.3 Å². The van der Waals surface area contributed by atoms with E-state index in [0.29, 0.717) is 5.25 Å². The average Bonchev–Trinajstić information content (AvgIpc) is 2.84. The predicted octanol–water partition coefficient (Wildman–Crippen LogP) is 3.98. The fourth-order valence-electron chi connectivity index (χ4n) is 2.50. The van der Waals surface area contributed by atoms with Gasteiger partial charge in [0.1, 0.15) is 12.4 Å². The van der Waals surface area contributed by atoms with Crippen LogP contribution in [-0.2, 0) is 6.42 Å². The molecule has 104 valence electrons. The van der Waals surface area contributed by atoms with Crippen LogP contribution < -0.4 is 10.5 Å². The highest BCUT2D eigenvalue weighted by atomic mass is 32.2. The number of hydrogen-bond donors (Lipinski definition) is 1. The summed E-state index contributed by atoms with van der Waals surface area (Å²) >= 11 is 1.92. The van der Waals surface area contributed by atoms with Gasteiger partial charge in [0.2, 0.25) is 0 Å². The highest BCUT2D eigenvalue weighted by molar-refractivity contribution is 8.00. The first kappa shape index (κ1) is 13.4. The number of benzene rings is 2. The van der Waals surface area contributed by atoms with Crippen molar-refractivity contribution in [1.29, 1.82) is 0 Å². The Morgan fingerprint density at radius 1 is 1.20 bits per heavy atom. The molecule has 0 saturated heterocycles. The molecule has 0 radical (unpaired) electrons. The molecule has 0 fully saturated rings. The van der Waals surface area contributed by atoms with E-state index in [1.54, 1.807) is 0 Å². The van der Waals surface area contributed by atoms with Crippen LogP contribution in [0.25, 0.3) is 0 Å². The van der Waals surface area contributed by atoms with E-state index in [1.165, 1.54) is 10.5 Å². The van der Waals surface area contributed by atoms with Crippen molar-refractivity contribution >= 4 is 17.4 Å². The molecule has 1 atom stereocenters. The van der Waals surface area contributed by atoms with Crippen LogP contribution in [-0.4, -0.2) is 11.9 Å². The van der Waals surface area contributed by atoms with Gasteiger partial charge in [0.15, 0.2) is 0 Å². The van der Waals surface area contributed by atoms with E-state index in [4.69, 9.17) is 10.5 Å². The number of hydrogen-bond acceptors (Lipinski definition) is 3. The quantitative estimate of drug-likeness (QED) is 0.866. The maximum Gasteiger partial charge on any atom is 0.122 e. The second-order valence-corrected chi connectivity index (χ2v) is 6.68.